The number of allylic oxidation sites excluding steroid dienone is 2. The SMILES string of the molecule is CN=C(NCCOc1ccc(Cl)cn1)NCCN1C(=O)C2C3C=CC(C3)C2C1=O. The van der Waals surface area contributed by atoms with Gasteiger partial charge in [-0.2, -0.15) is 0 Å². The Balaban J connectivity index is 1.18. The second-order valence-electron chi connectivity index (χ2n) is 7.42. The van der Waals surface area contributed by atoms with Gasteiger partial charge in [0.05, 0.1) is 23.4 Å². The second kappa shape index (κ2) is 8.41. The fraction of sp³-hybridized carbons (Fsp3) is 0.500. The Morgan fingerprint density at radius 2 is 1.90 bits per heavy atom. The van der Waals surface area contributed by atoms with Crippen molar-refractivity contribution in [1.82, 2.24) is 20.5 Å². The van der Waals surface area contributed by atoms with Gasteiger partial charge in [-0.25, -0.2) is 4.98 Å². The third-order valence-corrected chi connectivity index (χ3v) is 5.98. The summed E-state index contributed by atoms with van der Waals surface area (Å²) in [7, 11) is 1.66. The van der Waals surface area contributed by atoms with Crippen molar-refractivity contribution in [2.45, 2.75) is 6.42 Å². The van der Waals surface area contributed by atoms with E-state index in [0.29, 0.717) is 43.1 Å². The Morgan fingerprint density at radius 1 is 1.21 bits per heavy atom. The minimum Gasteiger partial charge on any atom is -0.476 e. The van der Waals surface area contributed by atoms with Crippen LogP contribution in [0.25, 0.3) is 0 Å². The van der Waals surface area contributed by atoms with E-state index in [4.69, 9.17) is 16.3 Å². The van der Waals surface area contributed by atoms with Crippen molar-refractivity contribution < 1.29 is 14.3 Å². The zero-order valence-corrected chi connectivity index (χ0v) is 16.9. The summed E-state index contributed by atoms with van der Waals surface area (Å²) < 4.78 is 5.52. The van der Waals surface area contributed by atoms with Crippen LogP contribution in [-0.4, -0.2) is 60.9 Å². The van der Waals surface area contributed by atoms with Crippen LogP contribution in [0.2, 0.25) is 5.02 Å². The molecule has 1 aromatic rings. The molecule has 0 aromatic carbocycles. The number of hydrogen-bond donors (Lipinski definition) is 2. The number of likely N-dealkylation sites (tertiary alicyclic amines) is 1. The van der Waals surface area contributed by atoms with E-state index < -0.39 is 0 Å². The number of aromatic nitrogens is 1. The summed E-state index contributed by atoms with van der Waals surface area (Å²) in [4.78, 5) is 35.0. The summed E-state index contributed by atoms with van der Waals surface area (Å²) in [5, 5.41) is 6.82. The molecule has 0 radical (unpaired) electrons. The van der Waals surface area contributed by atoms with Gasteiger partial charge in [0, 0.05) is 32.4 Å². The van der Waals surface area contributed by atoms with Crippen LogP contribution in [-0.2, 0) is 9.59 Å². The van der Waals surface area contributed by atoms with Crippen LogP contribution in [0.5, 0.6) is 5.88 Å². The molecule has 2 aliphatic carbocycles. The monoisotopic (exact) mass is 417 g/mol. The maximum Gasteiger partial charge on any atom is 0.233 e. The Kier molecular flexibility index (Phi) is 5.71. The number of hydrogen-bond acceptors (Lipinski definition) is 5. The van der Waals surface area contributed by atoms with Crippen LogP contribution in [0.3, 0.4) is 0 Å². The van der Waals surface area contributed by atoms with Crippen molar-refractivity contribution in [2.75, 3.05) is 33.3 Å². The van der Waals surface area contributed by atoms with Gasteiger partial charge in [0.1, 0.15) is 6.61 Å². The lowest BCUT2D eigenvalue weighted by Crippen LogP contribution is -2.44. The second-order valence-corrected chi connectivity index (χ2v) is 7.85. The van der Waals surface area contributed by atoms with Crippen molar-refractivity contribution >= 4 is 29.4 Å². The molecular weight excluding hydrogens is 394 g/mol. The first kappa shape index (κ1) is 19.7. The van der Waals surface area contributed by atoms with Crippen molar-refractivity contribution in [3.8, 4) is 5.88 Å². The predicted molar refractivity (Wildman–Crippen MR) is 109 cm³/mol. The highest BCUT2D eigenvalue weighted by Gasteiger charge is 2.58. The van der Waals surface area contributed by atoms with Gasteiger partial charge in [-0.3, -0.25) is 19.5 Å². The Morgan fingerprint density at radius 3 is 2.52 bits per heavy atom. The maximum atomic E-state index is 12.7. The third kappa shape index (κ3) is 3.94. The smallest absolute Gasteiger partial charge is 0.233 e. The molecular formula is C20H24ClN5O3. The molecule has 3 aliphatic rings. The lowest BCUT2D eigenvalue weighted by atomic mass is 9.85. The number of pyridine rings is 1. The fourth-order valence-corrected chi connectivity index (χ4v) is 4.58. The summed E-state index contributed by atoms with van der Waals surface area (Å²) in [6, 6.07) is 3.42. The Hall–Kier alpha value is -2.61. The molecule has 2 bridgehead atoms. The standard InChI is InChI=1S/C20H24ClN5O3/c1-22-20(24-7-9-29-15-5-4-14(21)11-25-15)23-6-8-26-18(27)16-12-2-3-13(10-12)17(16)19(26)28/h2-5,11-13,16-17H,6-10H2,1H3,(H2,22,23,24). The van der Waals surface area contributed by atoms with Gasteiger partial charge in [-0.1, -0.05) is 23.8 Å². The predicted octanol–water partition coefficient (Wildman–Crippen LogP) is 1.09. The summed E-state index contributed by atoms with van der Waals surface area (Å²) in [5.41, 5.74) is 0. The summed E-state index contributed by atoms with van der Waals surface area (Å²) in [6.45, 7) is 1.71. The van der Waals surface area contributed by atoms with E-state index in [1.165, 1.54) is 11.1 Å². The number of halogens is 1. The van der Waals surface area contributed by atoms with E-state index in [0.717, 1.165) is 6.42 Å². The number of imide groups is 1. The number of aliphatic imine (C=N–C) groups is 1. The zero-order chi connectivity index (χ0) is 20.4. The first-order valence-electron chi connectivity index (χ1n) is 9.81. The molecule has 1 saturated heterocycles. The molecule has 1 aliphatic heterocycles. The molecule has 2 heterocycles. The normalized spacial score (nSPS) is 27.5. The van der Waals surface area contributed by atoms with Gasteiger partial charge in [0.15, 0.2) is 5.96 Å². The van der Waals surface area contributed by atoms with Crippen molar-refractivity contribution in [3.63, 3.8) is 0 Å². The van der Waals surface area contributed by atoms with Crippen molar-refractivity contribution in [2.24, 2.45) is 28.7 Å². The van der Waals surface area contributed by atoms with Gasteiger partial charge < -0.3 is 15.4 Å². The molecule has 2 amide bonds. The number of nitrogens with zero attached hydrogens (tertiary/aromatic N) is 3. The van der Waals surface area contributed by atoms with E-state index in [2.05, 4.69) is 32.8 Å². The molecule has 8 nitrogen and oxygen atoms in total. The Bertz CT molecular complexity index is 811. The summed E-state index contributed by atoms with van der Waals surface area (Å²) in [6.07, 6.45) is 6.68. The van der Waals surface area contributed by atoms with E-state index in [1.807, 2.05) is 0 Å². The van der Waals surface area contributed by atoms with Crippen LogP contribution < -0.4 is 15.4 Å². The highest BCUT2D eigenvalue weighted by Crippen LogP contribution is 2.52. The summed E-state index contributed by atoms with van der Waals surface area (Å²) >= 11 is 5.79. The van der Waals surface area contributed by atoms with Crippen LogP contribution >= 0.6 is 11.6 Å². The fourth-order valence-electron chi connectivity index (χ4n) is 4.46. The van der Waals surface area contributed by atoms with E-state index >= 15 is 0 Å². The quantitative estimate of drug-likeness (QED) is 0.227. The first-order chi connectivity index (χ1) is 14.1. The molecule has 9 heteroatoms. The number of guanidine groups is 1. The number of nitrogens with one attached hydrogen (secondary N) is 2. The molecule has 154 valence electrons. The minimum atomic E-state index is -0.145. The van der Waals surface area contributed by atoms with Crippen molar-refractivity contribution in [1.29, 1.82) is 0 Å². The molecule has 2 N–H and O–H groups in total. The molecule has 4 rings (SSSR count). The minimum absolute atomic E-state index is 0.0227. The highest BCUT2D eigenvalue weighted by atomic mass is 35.5. The number of rotatable bonds is 7. The largest absolute Gasteiger partial charge is 0.476 e. The molecule has 1 aromatic heterocycles. The average Bonchev–Trinajstić information content (AvgIpc) is 3.40. The molecule has 0 spiro atoms. The highest BCUT2D eigenvalue weighted by molar-refractivity contribution is 6.30. The van der Waals surface area contributed by atoms with Crippen LogP contribution in [0.4, 0.5) is 0 Å². The van der Waals surface area contributed by atoms with Gasteiger partial charge in [0.2, 0.25) is 17.7 Å². The number of carbonyl (C=O) groups is 2. The number of carbonyl (C=O) groups excluding carboxylic acids is 2. The van der Waals surface area contributed by atoms with Gasteiger partial charge in [0.25, 0.3) is 0 Å². The molecule has 1 saturated carbocycles. The van der Waals surface area contributed by atoms with Crippen LogP contribution in [0, 0.1) is 23.7 Å². The lowest BCUT2D eigenvalue weighted by molar-refractivity contribution is -0.140. The Labute approximate surface area is 174 Å². The maximum absolute atomic E-state index is 12.7. The van der Waals surface area contributed by atoms with E-state index in [9.17, 15) is 9.59 Å². The molecule has 4 unspecified atom stereocenters. The van der Waals surface area contributed by atoms with Crippen molar-refractivity contribution in [3.05, 3.63) is 35.5 Å². The van der Waals surface area contributed by atoms with Crippen LogP contribution in [0.1, 0.15) is 6.42 Å². The molecule has 2 fully saturated rings. The van der Waals surface area contributed by atoms with Gasteiger partial charge in [-0.15, -0.1) is 0 Å². The third-order valence-electron chi connectivity index (χ3n) is 5.76. The summed E-state index contributed by atoms with van der Waals surface area (Å²) in [5.74, 6) is 1.23. The zero-order valence-electron chi connectivity index (χ0n) is 16.2. The van der Waals surface area contributed by atoms with Gasteiger partial charge >= 0.3 is 0 Å². The number of amides is 2. The topological polar surface area (TPSA) is 95.9 Å². The average molecular weight is 418 g/mol. The first-order valence-corrected chi connectivity index (χ1v) is 10.2. The lowest BCUT2D eigenvalue weighted by Gasteiger charge is -2.18. The van der Waals surface area contributed by atoms with Crippen LogP contribution in [0.15, 0.2) is 35.5 Å². The number of fused-ring (bicyclic) bond motifs is 5. The van der Waals surface area contributed by atoms with E-state index in [1.54, 1.807) is 19.2 Å². The number of ether oxygens (including phenoxy) is 1. The molecule has 4 atom stereocenters. The van der Waals surface area contributed by atoms with E-state index in [-0.39, 0.29) is 35.5 Å². The van der Waals surface area contributed by atoms with Gasteiger partial charge in [-0.05, 0) is 24.3 Å². The molecule has 29 heavy (non-hydrogen) atoms.